The third-order valence-electron chi connectivity index (χ3n) is 2.43. The molecule has 0 fully saturated rings. The lowest BCUT2D eigenvalue weighted by Gasteiger charge is -2.10. The molecule has 18 heavy (non-hydrogen) atoms. The molecule has 6 nitrogen and oxygen atoms in total. The van der Waals surface area contributed by atoms with E-state index >= 15 is 0 Å². The first-order chi connectivity index (χ1) is 8.58. The van der Waals surface area contributed by atoms with Gasteiger partial charge in [-0.1, -0.05) is 12.1 Å². The number of nitrogens with one attached hydrogen (secondary N) is 1. The number of nitrogens with two attached hydrogens (primary N) is 2. The Balaban J connectivity index is 2.33. The van der Waals surface area contributed by atoms with Crippen LogP contribution in [0.2, 0.25) is 0 Å². The van der Waals surface area contributed by atoms with Gasteiger partial charge < -0.3 is 15.9 Å². The van der Waals surface area contributed by atoms with Crippen molar-refractivity contribution in [1.82, 2.24) is 9.97 Å². The highest BCUT2D eigenvalue weighted by Gasteiger charge is 2.06. The molecule has 0 spiro atoms. The molecule has 2 rings (SSSR count). The van der Waals surface area contributed by atoms with Crippen LogP contribution in [0.5, 0.6) is 11.6 Å². The van der Waals surface area contributed by atoms with E-state index in [-0.39, 0.29) is 5.95 Å². The van der Waals surface area contributed by atoms with Crippen molar-refractivity contribution in [2.75, 3.05) is 11.2 Å². The number of anilines is 2. The van der Waals surface area contributed by atoms with Crippen LogP contribution in [0, 0.1) is 13.8 Å². The van der Waals surface area contributed by atoms with Gasteiger partial charge in [0.15, 0.2) is 0 Å². The zero-order chi connectivity index (χ0) is 13.1. The zero-order valence-electron chi connectivity index (χ0n) is 10.3. The summed E-state index contributed by atoms with van der Waals surface area (Å²) in [6.45, 7) is 3.95. The molecule has 2 aromatic rings. The molecule has 5 N–H and O–H groups in total. The van der Waals surface area contributed by atoms with Gasteiger partial charge in [-0.15, -0.1) is 0 Å². The Bertz CT molecular complexity index is 570. The predicted molar refractivity (Wildman–Crippen MR) is 70.2 cm³/mol. The quantitative estimate of drug-likeness (QED) is 0.563. The van der Waals surface area contributed by atoms with Crippen LogP contribution in [-0.4, -0.2) is 9.97 Å². The van der Waals surface area contributed by atoms with E-state index in [1.165, 1.54) is 0 Å². The van der Waals surface area contributed by atoms with Gasteiger partial charge in [-0.2, -0.15) is 9.97 Å². The molecular formula is C12H15N5O. The van der Waals surface area contributed by atoms with Gasteiger partial charge in [0.1, 0.15) is 11.6 Å². The summed E-state index contributed by atoms with van der Waals surface area (Å²) < 4.78 is 5.69. The summed E-state index contributed by atoms with van der Waals surface area (Å²) in [6.07, 6.45) is 0. The molecule has 0 aliphatic carbocycles. The van der Waals surface area contributed by atoms with Crippen LogP contribution >= 0.6 is 0 Å². The second-order valence-corrected chi connectivity index (χ2v) is 3.96. The van der Waals surface area contributed by atoms with E-state index in [9.17, 15) is 0 Å². The maximum Gasteiger partial charge on any atom is 0.226 e. The number of benzene rings is 1. The Kier molecular flexibility index (Phi) is 3.29. The standard InChI is InChI=1S/C12H15N5O/c1-7-3-4-8(2)9(5-7)18-11-6-10(17-14)15-12(13)16-11/h3-6H,14H2,1-2H3,(H3,13,15,16,17). The number of hydrogen-bond acceptors (Lipinski definition) is 6. The summed E-state index contributed by atoms with van der Waals surface area (Å²) in [5.74, 6) is 6.88. The first-order valence-electron chi connectivity index (χ1n) is 5.45. The van der Waals surface area contributed by atoms with Gasteiger partial charge in [0.25, 0.3) is 0 Å². The first kappa shape index (κ1) is 12.1. The molecule has 0 aliphatic heterocycles. The number of nitrogens with zero attached hydrogens (tertiary/aromatic N) is 2. The van der Waals surface area contributed by atoms with Gasteiger partial charge in [0, 0.05) is 6.07 Å². The minimum Gasteiger partial charge on any atom is -0.438 e. The minimum atomic E-state index is 0.103. The highest BCUT2D eigenvalue weighted by molar-refractivity contribution is 5.44. The Morgan fingerprint density at radius 3 is 2.67 bits per heavy atom. The molecule has 0 bridgehead atoms. The molecule has 0 amide bonds. The van der Waals surface area contributed by atoms with E-state index in [0.717, 1.165) is 16.9 Å². The number of rotatable bonds is 3. The van der Waals surface area contributed by atoms with Crippen LogP contribution in [-0.2, 0) is 0 Å². The number of ether oxygens (including phenoxy) is 1. The Labute approximate surface area is 105 Å². The Morgan fingerprint density at radius 2 is 1.94 bits per heavy atom. The number of hydrazine groups is 1. The SMILES string of the molecule is Cc1ccc(C)c(Oc2cc(NN)nc(N)n2)c1. The van der Waals surface area contributed by atoms with E-state index in [0.29, 0.717) is 11.7 Å². The van der Waals surface area contributed by atoms with Crippen LogP contribution in [0.1, 0.15) is 11.1 Å². The lowest BCUT2D eigenvalue weighted by Crippen LogP contribution is -2.10. The van der Waals surface area contributed by atoms with Crippen LogP contribution in [0.4, 0.5) is 11.8 Å². The maximum atomic E-state index is 5.69. The fraction of sp³-hybridized carbons (Fsp3) is 0.167. The molecule has 0 unspecified atom stereocenters. The lowest BCUT2D eigenvalue weighted by atomic mass is 10.1. The second kappa shape index (κ2) is 4.89. The van der Waals surface area contributed by atoms with Gasteiger partial charge in [-0.25, -0.2) is 5.84 Å². The van der Waals surface area contributed by atoms with Crippen molar-refractivity contribution >= 4 is 11.8 Å². The summed E-state index contributed by atoms with van der Waals surface area (Å²) >= 11 is 0. The van der Waals surface area contributed by atoms with Crippen LogP contribution in [0.3, 0.4) is 0 Å². The average Bonchev–Trinajstić information content (AvgIpc) is 2.33. The first-order valence-corrected chi connectivity index (χ1v) is 5.45. The van der Waals surface area contributed by atoms with Crippen molar-refractivity contribution in [3.05, 3.63) is 35.4 Å². The van der Waals surface area contributed by atoms with E-state index < -0.39 is 0 Å². The molecule has 0 saturated carbocycles. The predicted octanol–water partition coefficient (Wildman–Crippen LogP) is 1.75. The lowest BCUT2D eigenvalue weighted by molar-refractivity contribution is 0.459. The zero-order valence-corrected chi connectivity index (χ0v) is 10.3. The van der Waals surface area contributed by atoms with Gasteiger partial charge >= 0.3 is 0 Å². The average molecular weight is 245 g/mol. The molecule has 6 heteroatoms. The molecular weight excluding hydrogens is 230 g/mol. The highest BCUT2D eigenvalue weighted by Crippen LogP contribution is 2.26. The van der Waals surface area contributed by atoms with Crippen LogP contribution in [0.15, 0.2) is 24.3 Å². The fourth-order valence-corrected chi connectivity index (χ4v) is 1.50. The van der Waals surface area contributed by atoms with E-state index in [4.69, 9.17) is 16.3 Å². The van der Waals surface area contributed by atoms with Gasteiger partial charge in [0.2, 0.25) is 11.8 Å². The minimum absolute atomic E-state index is 0.103. The Hall–Kier alpha value is -2.34. The summed E-state index contributed by atoms with van der Waals surface area (Å²) in [6, 6.07) is 7.52. The molecule has 1 aromatic carbocycles. The maximum absolute atomic E-state index is 5.69. The summed E-state index contributed by atoms with van der Waals surface area (Å²) in [7, 11) is 0. The third kappa shape index (κ3) is 2.67. The topological polar surface area (TPSA) is 99.1 Å². The molecule has 1 aromatic heterocycles. The largest absolute Gasteiger partial charge is 0.438 e. The van der Waals surface area contributed by atoms with E-state index in [2.05, 4.69) is 15.4 Å². The van der Waals surface area contributed by atoms with Crippen molar-refractivity contribution < 1.29 is 4.74 Å². The number of aryl methyl sites for hydroxylation is 2. The molecule has 0 aliphatic rings. The number of nitrogen functional groups attached to an aromatic ring is 2. The van der Waals surface area contributed by atoms with Crippen LogP contribution in [0.25, 0.3) is 0 Å². The monoisotopic (exact) mass is 245 g/mol. The van der Waals surface area contributed by atoms with E-state index in [1.807, 2.05) is 32.0 Å². The van der Waals surface area contributed by atoms with Crippen molar-refractivity contribution in [1.29, 1.82) is 0 Å². The Morgan fingerprint density at radius 1 is 1.17 bits per heavy atom. The fourth-order valence-electron chi connectivity index (χ4n) is 1.50. The normalized spacial score (nSPS) is 10.2. The molecule has 0 atom stereocenters. The van der Waals surface area contributed by atoms with Crippen LogP contribution < -0.4 is 21.7 Å². The number of hydrogen-bond donors (Lipinski definition) is 3. The number of aromatic nitrogens is 2. The summed E-state index contributed by atoms with van der Waals surface area (Å²) in [5.41, 5.74) is 10.1. The summed E-state index contributed by atoms with van der Waals surface area (Å²) in [4.78, 5) is 7.88. The van der Waals surface area contributed by atoms with Crippen molar-refractivity contribution in [2.24, 2.45) is 5.84 Å². The third-order valence-corrected chi connectivity index (χ3v) is 2.43. The van der Waals surface area contributed by atoms with Crippen molar-refractivity contribution in [3.8, 4) is 11.6 Å². The molecule has 0 radical (unpaired) electrons. The molecule has 0 saturated heterocycles. The highest BCUT2D eigenvalue weighted by atomic mass is 16.5. The molecule has 94 valence electrons. The van der Waals surface area contributed by atoms with Gasteiger partial charge in [-0.05, 0) is 31.0 Å². The van der Waals surface area contributed by atoms with Gasteiger partial charge in [0.05, 0.1) is 0 Å². The second-order valence-electron chi connectivity index (χ2n) is 3.96. The summed E-state index contributed by atoms with van der Waals surface area (Å²) in [5, 5.41) is 0. The van der Waals surface area contributed by atoms with Crippen molar-refractivity contribution in [3.63, 3.8) is 0 Å². The smallest absolute Gasteiger partial charge is 0.226 e. The van der Waals surface area contributed by atoms with E-state index in [1.54, 1.807) is 6.07 Å². The van der Waals surface area contributed by atoms with Gasteiger partial charge in [-0.3, -0.25) is 0 Å². The molecule has 1 heterocycles. The van der Waals surface area contributed by atoms with Crippen molar-refractivity contribution in [2.45, 2.75) is 13.8 Å².